The van der Waals surface area contributed by atoms with Crippen LogP contribution in [0.4, 0.5) is 0 Å². The third-order valence-corrected chi connectivity index (χ3v) is 6.57. The van der Waals surface area contributed by atoms with Crippen molar-refractivity contribution in [2.75, 3.05) is 32.7 Å². The molecular weight excluding hydrogens is 378 g/mol. The van der Waals surface area contributed by atoms with E-state index in [-0.39, 0.29) is 35.7 Å². The molecule has 10 heteroatoms. The third kappa shape index (κ3) is 5.42. The van der Waals surface area contributed by atoms with E-state index in [2.05, 4.69) is 27.8 Å². The summed E-state index contributed by atoms with van der Waals surface area (Å²) in [5.74, 6) is -0.374. The van der Waals surface area contributed by atoms with Crippen LogP contribution in [0.2, 0.25) is 0 Å². The Bertz CT molecular complexity index is 673. The van der Waals surface area contributed by atoms with Crippen LogP contribution in [0.1, 0.15) is 37.6 Å². The molecule has 150 valence electrons. The number of amides is 1. The number of nitrogens with one attached hydrogen (secondary N) is 3. The van der Waals surface area contributed by atoms with Crippen molar-refractivity contribution in [1.82, 2.24) is 25.1 Å². The van der Waals surface area contributed by atoms with Crippen LogP contribution in [-0.4, -0.2) is 61.6 Å². The maximum absolute atomic E-state index is 12.9. The van der Waals surface area contributed by atoms with Gasteiger partial charge in [0, 0.05) is 26.2 Å². The van der Waals surface area contributed by atoms with Gasteiger partial charge in [-0.05, 0) is 39.7 Å². The van der Waals surface area contributed by atoms with Crippen molar-refractivity contribution in [3.8, 4) is 0 Å². The highest BCUT2D eigenvalue weighted by Crippen LogP contribution is 2.26. The molecule has 0 aromatic carbocycles. The summed E-state index contributed by atoms with van der Waals surface area (Å²) < 4.78 is 27.2. The highest BCUT2D eigenvalue weighted by atomic mass is 35.5. The Morgan fingerprint density at radius 2 is 2.04 bits per heavy atom. The van der Waals surface area contributed by atoms with E-state index in [0.717, 1.165) is 19.5 Å². The fraction of sp³-hybridized carbons (Fsp3) is 0.750. The maximum atomic E-state index is 12.9. The van der Waals surface area contributed by atoms with E-state index in [0.29, 0.717) is 37.3 Å². The topological polar surface area (TPSA) is 107 Å². The van der Waals surface area contributed by atoms with Crippen molar-refractivity contribution in [2.24, 2.45) is 5.92 Å². The van der Waals surface area contributed by atoms with Crippen molar-refractivity contribution in [2.45, 2.75) is 44.9 Å². The second-order valence-corrected chi connectivity index (χ2v) is 8.38. The van der Waals surface area contributed by atoms with Crippen LogP contribution in [0.5, 0.6) is 0 Å². The predicted octanol–water partition coefficient (Wildman–Crippen LogP) is 0.965. The Morgan fingerprint density at radius 3 is 2.65 bits per heavy atom. The number of sulfonamides is 1. The van der Waals surface area contributed by atoms with Crippen LogP contribution in [0.3, 0.4) is 0 Å². The molecule has 26 heavy (non-hydrogen) atoms. The van der Waals surface area contributed by atoms with Gasteiger partial charge in [0.15, 0.2) is 0 Å². The fourth-order valence-electron chi connectivity index (χ4n) is 3.14. The number of aryl methyl sites for hydroxylation is 2. The van der Waals surface area contributed by atoms with Crippen molar-refractivity contribution >= 4 is 28.3 Å². The van der Waals surface area contributed by atoms with E-state index >= 15 is 0 Å². The molecular formula is C16H30ClN5O3S. The van der Waals surface area contributed by atoms with Crippen molar-refractivity contribution in [3.63, 3.8) is 0 Å². The zero-order chi connectivity index (χ0) is 18.4. The molecule has 0 radical (unpaired) electrons. The van der Waals surface area contributed by atoms with E-state index < -0.39 is 10.0 Å². The molecule has 2 heterocycles. The second kappa shape index (κ2) is 10.2. The number of aromatic amines is 1. The number of nitrogens with zero attached hydrogens (tertiary/aromatic N) is 2. The van der Waals surface area contributed by atoms with Crippen LogP contribution in [0, 0.1) is 19.8 Å². The van der Waals surface area contributed by atoms with E-state index in [9.17, 15) is 13.2 Å². The van der Waals surface area contributed by atoms with Gasteiger partial charge >= 0.3 is 0 Å². The van der Waals surface area contributed by atoms with Crippen LogP contribution in [0.15, 0.2) is 4.90 Å². The molecule has 1 amide bonds. The Hall–Kier alpha value is -1.16. The number of H-pyrrole nitrogens is 1. The molecule has 1 aliphatic heterocycles. The van der Waals surface area contributed by atoms with Crippen LogP contribution < -0.4 is 10.6 Å². The van der Waals surface area contributed by atoms with Crippen molar-refractivity contribution < 1.29 is 13.2 Å². The van der Waals surface area contributed by atoms with Gasteiger partial charge in [-0.1, -0.05) is 6.92 Å². The zero-order valence-corrected chi connectivity index (χ0v) is 17.3. The highest BCUT2D eigenvalue weighted by molar-refractivity contribution is 7.89. The van der Waals surface area contributed by atoms with E-state index in [1.54, 1.807) is 13.8 Å². The standard InChI is InChI=1S/C16H29N5O3S.ClH/c1-4-7-17-8-9-18-16(22)14-6-5-10-21(11-14)25(23,24)15-12(2)19-20-13(15)3;/h14,17H,4-11H2,1-3H3,(H,18,22)(H,19,20);1H. The molecule has 0 saturated carbocycles. The number of halogens is 1. The molecule has 1 atom stereocenters. The molecule has 0 bridgehead atoms. The smallest absolute Gasteiger partial charge is 0.246 e. The maximum Gasteiger partial charge on any atom is 0.246 e. The first-order chi connectivity index (χ1) is 11.9. The molecule has 1 aliphatic rings. The summed E-state index contributed by atoms with van der Waals surface area (Å²) in [6.45, 7) is 8.33. The third-order valence-electron chi connectivity index (χ3n) is 4.44. The van der Waals surface area contributed by atoms with Crippen LogP contribution >= 0.6 is 12.4 Å². The summed E-state index contributed by atoms with van der Waals surface area (Å²) >= 11 is 0. The lowest BCUT2D eigenvalue weighted by atomic mass is 9.99. The first-order valence-electron chi connectivity index (χ1n) is 8.88. The number of hydrogen-bond donors (Lipinski definition) is 3. The van der Waals surface area contributed by atoms with Gasteiger partial charge in [0.2, 0.25) is 15.9 Å². The number of hydrogen-bond acceptors (Lipinski definition) is 5. The summed E-state index contributed by atoms with van der Waals surface area (Å²) in [5.41, 5.74) is 0.997. The van der Waals surface area contributed by atoms with E-state index in [1.807, 2.05) is 0 Å². The van der Waals surface area contributed by atoms with Crippen LogP contribution in [0.25, 0.3) is 0 Å². The lowest BCUT2D eigenvalue weighted by molar-refractivity contribution is -0.126. The quantitative estimate of drug-likeness (QED) is 0.556. The largest absolute Gasteiger partial charge is 0.355 e. The fourth-order valence-corrected chi connectivity index (χ4v) is 5.00. The normalized spacial score (nSPS) is 18.3. The van der Waals surface area contributed by atoms with Gasteiger partial charge in [0.25, 0.3) is 0 Å². The lowest BCUT2D eigenvalue weighted by Gasteiger charge is -2.31. The Morgan fingerprint density at radius 1 is 1.31 bits per heavy atom. The van der Waals surface area contributed by atoms with Gasteiger partial charge < -0.3 is 10.6 Å². The average Bonchev–Trinajstić information content (AvgIpc) is 2.94. The van der Waals surface area contributed by atoms with Gasteiger partial charge in [0.05, 0.1) is 17.3 Å². The molecule has 8 nitrogen and oxygen atoms in total. The van der Waals surface area contributed by atoms with Gasteiger partial charge in [-0.15, -0.1) is 12.4 Å². The second-order valence-electron chi connectivity index (χ2n) is 6.51. The molecule has 0 aliphatic carbocycles. The summed E-state index contributed by atoms with van der Waals surface area (Å²) in [6.07, 6.45) is 2.45. The van der Waals surface area contributed by atoms with Gasteiger partial charge in [-0.3, -0.25) is 9.89 Å². The van der Waals surface area contributed by atoms with E-state index in [4.69, 9.17) is 0 Å². The summed E-state index contributed by atoms with van der Waals surface area (Å²) in [7, 11) is -3.63. The number of aromatic nitrogens is 2. The average molecular weight is 408 g/mol. The molecule has 1 aromatic rings. The molecule has 1 saturated heterocycles. The van der Waals surface area contributed by atoms with Crippen molar-refractivity contribution in [3.05, 3.63) is 11.4 Å². The number of carbonyl (C=O) groups excluding carboxylic acids is 1. The molecule has 0 spiro atoms. The first kappa shape index (κ1) is 22.9. The summed E-state index contributed by atoms with van der Waals surface area (Å²) in [6, 6.07) is 0. The van der Waals surface area contributed by atoms with Gasteiger partial charge in [-0.2, -0.15) is 9.40 Å². The molecule has 1 aromatic heterocycles. The van der Waals surface area contributed by atoms with Gasteiger partial charge in [-0.25, -0.2) is 8.42 Å². The molecule has 1 fully saturated rings. The minimum Gasteiger partial charge on any atom is -0.355 e. The highest BCUT2D eigenvalue weighted by Gasteiger charge is 2.35. The molecule has 2 rings (SSSR count). The lowest BCUT2D eigenvalue weighted by Crippen LogP contribution is -2.46. The zero-order valence-electron chi connectivity index (χ0n) is 15.7. The summed E-state index contributed by atoms with van der Waals surface area (Å²) in [5, 5.41) is 12.8. The first-order valence-corrected chi connectivity index (χ1v) is 10.3. The van der Waals surface area contributed by atoms with E-state index in [1.165, 1.54) is 4.31 Å². The van der Waals surface area contributed by atoms with Crippen LogP contribution in [-0.2, 0) is 14.8 Å². The Kier molecular flexibility index (Phi) is 9.02. The Labute approximate surface area is 162 Å². The number of rotatable bonds is 8. The SMILES string of the molecule is CCCNCCNC(=O)C1CCCN(S(=O)(=O)c2c(C)n[nH]c2C)C1.Cl. The Balaban J connectivity index is 0.00000338. The number of carbonyl (C=O) groups is 1. The van der Waals surface area contributed by atoms with Gasteiger partial charge in [0.1, 0.15) is 4.90 Å². The number of piperidine rings is 1. The molecule has 3 N–H and O–H groups in total. The van der Waals surface area contributed by atoms with Crippen molar-refractivity contribution in [1.29, 1.82) is 0 Å². The monoisotopic (exact) mass is 407 g/mol. The minimum absolute atomic E-state index is 0. The minimum atomic E-state index is -3.63. The predicted molar refractivity (Wildman–Crippen MR) is 103 cm³/mol. The molecule has 1 unspecified atom stereocenters. The summed E-state index contributed by atoms with van der Waals surface area (Å²) in [4.78, 5) is 12.6.